The molecule has 0 spiro atoms. The molecule has 0 aliphatic rings. The van der Waals surface area contributed by atoms with Gasteiger partial charge in [0.25, 0.3) is 0 Å². The van der Waals surface area contributed by atoms with Crippen molar-refractivity contribution >= 4 is 6.03 Å². The highest BCUT2D eigenvalue weighted by Crippen LogP contribution is 2.14. The predicted octanol–water partition coefficient (Wildman–Crippen LogP) is 2.53. The van der Waals surface area contributed by atoms with Gasteiger partial charge in [-0.05, 0) is 19.4 Å². The van der Waals surface area contributed by atoms with Crippen LogP contribution in [-0.2, 0) is 6.54 Å². The average Bonchev–Trinajstić information content (AvgIpc) is 2.34. The summed E-state index contributed by atoms with van der Waals surface area (Å²) in [5.41, 5.74) is -0.437. The first-order valence-corrected chi connectivity index (χ1v) is 6.43. The van der Waals surface area contributed by atoms with Crippen molar-refractivity contribution in [2.24, 2.45) is 0 Å². The van der Waals surface area contributed by atoms with E-state index in [4.69, 9.17) is 0 Å². The van der Waals surface area contributed by atoms with Gasteiger partial charge in [-0.1, -0.05) is 30.3 Å². The summed E-state index contributed by atoms with van der Waals surface area (Å²) in [7, 11) is 0. The summed E-state index contributed by atoms with van der Waals surface area (Å²) in [4.78, 5) is 13.0. The first-order chi connectivity index (χ1) is 9.57. The van der Waals surface area contributed by atoms with E-state index in [9.17, 15) is 23.1 Å². The van der Waals surface area contributed by atoms with Crippen LogP contribution >= 0.6 is 0 Å². The van der Waals surface area contributed by atoms with Gasteiger partial charge in [-0.25, -0.2) is 4.79 Å². The molecule has 0 aliphatic carbocycles. The third-order valence-corrected chi connectivity index (χ3v) is 2.52. The Morgan fingerprint density at radius 2 is 1.81 bits per heavy atom. The third-order valence-electron chi connectivity index (χ3n) is 2.52. The lowest BCUT2D eigenvalue weighted by Crippen LogP contribution is -2.48. The molecule has 0 saturated heterocycles. The fourth-order valence-corrected chi connectivity index (χ4v) is 1.76. The molecule has 0 heterocycles. The van der Waals surface area contributed by atoms with Gasteiger partial charge in [0.2, 0.25) is 0 Å². The van der Waals surface area contributed by atoms with Gasteiger partial charge in [-0.15, -0.1) is 0 Å². The van der Waals surface area contributed by atoms with Crippen molar-refractivity contribution in [3.8, 4) is 0 Å². The van der Waals surface area contributed by atoms with Crippen LogP contribution in [0.15, 0.2) is 30.3 Å². The zero-order chi connectivity index (χ0) is 16.1. The van der Waals surface area contributed by atoms with Crippen LogP contribution in [0.4, 0.5) is 18.0 Å². The fourth-order valence-electron chi connectivity index (χ4n) is 1.76. The SMILES string of the molecule is CC(C)(O)CN(Cc1ccccc1)C(=O)NCC(F)(F)F. The summed E-state index contributed by atoms with van der Waals surface area (Å²) < 4.78 is 36.5. The number of carbonyl (C=O) groups is 1. The van der Waals surface area contributed by atoms with Crippen molar-refractivity contribution in [3.63, 3.8) is 0 Å². The van der Waals surface area contributed by atoms with Gasteiger partial charge in [-0.2, -0.15) is 13.2 Å². The predicted molar refractivity (Wildman–Crippen MR) is 72.6 cm³/mol. The molecule has 2 N–H and O–H groups in total. The summed E-state index contributed by atoms with van der Waals surface area (Å²) in [6.45, 7) is 1.62. The summed E-state index contributed by atoms with van der Waals surface area (Å²) in [5, 5.41) is 11.6. The van der Waals surface area contributed by atoms with Gasteiger partial charge in [0, 0.05) is 6.54 Å². The summed E-state index contributed by atoms with van der Waals surface area (Å²) in [6.07, 6.45) is -4.47. The minimum absolute atomic E-state index is 0.0778. The summed E-state index contributed by atoms with van der Waals surface area (Å²) in [6, 6.07) is 7.99. The lowest BCUT2D eigenvalue weighted by Gasteiger charge is -2.29. The molecule has 0 bridgehead atoms. The number of halogens is 3. The number of carbonyl (C=O) groups excluding carboxylic acids is 1. The van der Waals surface area contributed by atoms with E-state index in [1.807, 2.05) is 5.32 Å². The number of urea groups is 1. The maximum absolute atomic E-state index is 12.2. The number of benzene rings is 1. The second-order valence-electron chi connectivity index (χ2n) is 5.43. The highest BCUT2D eigenvalue weighted by Gasteiger charge is 2.30. The molecule has 1 rings (SSSR count). The Kier molecular flexibility index (Phi) is 5.60. The molecule has 7 heteroatoms. The van der Waals surface area contributed by atoms with E-state index in [0.717, 1.165) is 10.5 Å². The Morgan fingerprint density at radius 1 is 1.24 bits per heavy atom. The van der Waals surface area contributed by atoms with Gasteiger partial charge in [-0.3, -0.25) is 0 Å². The lowest BCUT2D eigenvalue weighted by atomic mass is 10.1. The molecule has 0 radical (unpaired) electrons. The second-order valence-corrected chi connectivity index (χ2v) is 5.43. The van der Waals surface area contributed by atoms with E-state index in [2.05, 4.69) is 0 Å². The normalized spacial score (nSPS) is 12.1. The van der Waals surface area contributed by atoms with E-state index in [1.165, 1.54) is 13.8 Å². The average molecular weight is 304 g/mol. The quantitative estimate of drug-likeness (QED) is 0.878. The smallest absolute Gasteiger partial charge is 0.389 e. The zero-order valence-electron chi connectivity index (χ0n) is 11.9. The highest BCUT2D eigenvalue weighted by atomic mass is 19.4. The number of aliphatic hydroxyl groups is 1. The molecule has 0 atom stereocenters. The van der Waals surface area contributed by atoms with Gasteiger partial charge >= 0.3 is 12.2 Å². The largest absolute Gasteiger partial charge is 0.405 e. The zero-order valence-corrected chi connectivity index (χ0v) is 11.9. The Hall–Kier alpha value is -1.76. The lowest BCUT2D eigenvalue weighted by molar-refractivity contribution is -0.123. The summed E-state index contributed by atoms with van der Waals surface area (Å²) in [5.74, 6) is 0. The van der Waals surface area contributed by atoms with E-state index in [0.29, 0.717) is 0 Å². The Balaban J connectivity index is 2.74. The van der Waals surface area contributed by atoms with Crippen molar-refractivity contribution in [2.45, 2.75) is 32.2 Å². The highest BCUT2D eigenvalue weighted by molar-refractivity contribution is 5.74. The number of nitrogens with one attached hydrogen (secondary N) is 1. The molecular formula is C14H19F3N2O2. The number of hydrogen-bond acceptors (Lipinski definition) is 2. The molecule has 2 amide bonds. The van der Waals surface area contributed by atoms with E-state index in [1.54, 1.807) is 30.3 Å². The maximum atomic E-state index is 12.2. The van der Waals surface area contributed by atoms with Crippen molar-refractivity contribution in [2.75, 3.05) is 13.1 Å². The van der Waals surface area contributed by atoms with Crippen LogP contribution in [0.25, 0.3) is 0 Å². The maximum Gasteiger partial charge on any atom is 0.405 e. The van der Waals surface area contributed by atoms with Crippen LogP contribution in [-0.4, -0.2) is 40.9 Å². The Bertz CT molecular complexity index is 456. The van der Waals surface area contributed by atoms with E-state index in [-0.39, 0.29) is 13.1 Å². The Labute approximate surface area is 121 Å². The molecule has 118 valence electrons. The van der Waals surface area contributed by atoms with Gasteiger partial charge in [0.05, 0.1) is 12.1 Å². The van der Waals surface area contributed by atoms with Crippen LogP contribution < -0.4 is 5.32 Å². The monoisotopic (exact) mass is 304 g/mol. The van der Waals surface area contributed by atoms with Gasteiger partial charge in [0.15, 0.2) is 0 Å². The minimum Gasteiger partial charge on any atom is -0.389 e. The van der Waals surface area contributed by atoms with Crippen molar-refractivity contribution in [3.05, 3.63) is 35.9 Å². The van der Waals surface area contributed by atoms with Gasteiger partial charge < -0.3 is 15.3 Å². The molecule has 1 aromatic carbocycles. The number of alkyl halides is 3. The molecule has 0 unspecified atom stereocenters. The molecule has 0 aliphatic heterocycles. The van der Waals surface area contributed by atoms with Crippen molar-refractivity contribution in [1.82, 2.24) is 10.2 Å². The van der Waals surface area contributed by atoms with E-state index < -0.39 is 24.4 Å². The number of rotatable bonds is 5. The van der Waals surface area contributed by atoms with Crippen LogP contribution in [0, 0.1) is 0 Å². The van der Waals surface area contributed by atoms with Crippen molar-refractivity contribution < 1.29 is 23.1 Å². The molecule has 21 heavy (non-hydrogen) atoms. The van der Waals surface area contributed by atoms with Crippen LogP contribution in [0.3, 0.4) is 0 Å². The van der Waals surface area contributed by atoms with Gasteiger partial charge in [0.1, 0.15) is 6.54 Å². The minimum atomic E-state index is -4.47. The Morgan fingerprint density at radius 3 is 2.29 bits per heavy atom. The third kappa shape index (κ3) is 7.55. The first kappa shape index (κ1) is 17.3. The number of hydrogen-bond donors (Lipinski definition) is 2. The van der Waals surface area contributed by atoms with Crippen LogP contribution in [0.1, 0.15) is 19.4 Å². The van der Waals surface area contributed by atoms with Crippen LogP contribution in [0.5, 0.6) is 0 Å². The van der Waals surface area contributed by atoms with E-state index >= 15 is 0 Å². The molecular weight excluding hydrogens is 285 g/mol. The fraction of sp³-hybridized carbons (Fsp3) is 0.500. The summed E-state index contributed by atoms with van der Waals surface area (Å²) >= 11 is 0. The first-order valence-electron chi connectivity index (χ1n) is 6.43. The second kappa shape index (κ2) is 6.80. The molecule has 0 fully saturated rings. The standard InChI is InChI=1S/C14H19F3N2O2/c1-13(2,21)10-19(8-11-6-4-3-5-7-11)12(20)18-9-14(15,16)17/h3-7,21H,8-10H2,1-2H3,(H,18,20). The molecule has 1 aromatic rings. The number of nitrogens with zero attached hydrogens (tertiary/aromatic N) is 1. The van der Waals surface area contributed by atoms with Crippen LogP contribution in [0.2, 0.25) is 0 Å². The molecule has 0 aromatic heterocycles. The number of amides is 2. The topological polar surface area (TPSA) is 52.6 Å². The van der Waals surface area contributed by atoms with Crippen molar-refractivity contribution in [1.29, 1.82) is 0 Å². The molecule has 0 saturated carbocycles. The molecule has 4 nitrogen and oxygen atoms in total.